The minimum absolute atomic E-state index is 0.0257. The van der Waals surface area contributed by atoms with Gasteiger partial charge in [-0.3, -0.25) is 19.3 Å². The van der Waals surface area contributed by atoms with Gasteiger partial charge in [0, 0.05) is 21.3 Å². The highest BCUT2D eigenvalue weighted by atomic mass is 35.5. The number of benzene rings is 3. The summed E-state index contributed by atoms with van der Waals surface area (Å²) in [6.45, 7) is 3.92. The standard InChI is InChI=1S/C28H24Cl2N2O5S/c1-3-36-24-13-18(9-12-23(24)37-16-26(33)31-19-10-7-17(2)8-11-19)14-25-27(34)32(28(35)38-25)15-20-21(29)5-4-6-22(20)30/h4-14H,3,15-16H2,1-2H3,(H,31,33)/b25-14-. The van der Waals surface area contributed by atoms with Crippen LogP contribution >= 0.6 is 35.0 Å². The lowest BCUT2D eigenvalue weighted by molar-refractivity contribution is -0.123. The van der Waals surface area contributed by atoms with Crippen LogP contribution in [-0.4, -0.2) is 35.2 Å². The number of aryl methyl sites for hydroxylation is 1. The summed E-state index contributed by atoms with van der Waals surface area (Å²) in [5.74, 6) is 0.0331. The normalized spacial score (nSPS) is 14.2. The molecule has 0 spiro atoms. The van der Waals surface area contributed by atoms with E-state index in [2.05, 4.69) is 5.32 Å². The second-order valence-electron chi connectivity index (χ2n) is 8.31. The SMILES string of the molecule is CCOc1cc(/C=C2\SC(=O)N(Cc3c(Cl)cccc3Cl)C2=O)ccc1OCC(=O)Nc1ccc(C)cc1. The maximum atomic E-state index is 13.0. The fraction of sp³-hybridized carbons (Fsp3) is 0.179. The highest BCUT2D eigenvalue weighted by Gasteiger charge is 2.35. The van der Waals surface area contributed by atoms with Crippen LogP contribution in [0.1, 0.15) is 23.6 Å². The Morgan fingerprint density at radius 2 is 1.71 bits per heavy atom. The first-order chi connectivity index (χ1) is 18.2. The molecule has 0 bridgehead atoms. The summed E-state index contributed by atoms with van der Waals surface area (Å²) in [4.78, 5) is 39.3. The molecule has 0 saturated carbocycles. The Kier molecular flexibility index (Phi) is 8.99. The molecule has 1 aliphatic rings. The van der Waals surface area contributed by atoms with Crippen molar-refractivity contribution in [1.82, 2.24) is 4.90 Å². The van der Waals surface area contributed by atoms with E-state index in [1.165, 1.54) is 0 Å². The van der Waals surface area contributed by atoms with Gasteiger partial charge in [0.2, 0.25) is 0 Å². The van der Waals surface area contributed by atoms with Gasteiger partial charge >= 0.3 is 0 Å². The molecular weight excluding hydrogens is 547 g/mol. The van der Waals surface area contributed by atoms with Gasteiger partial charge in [-0.25, -0.2) is 0 Å². The van der Waals surface area contributed by atoms with E-state index in [4.69, 9.17) is 32.7 Å². The van der Waals surface area contributed by atoms with E-state index in [9.17, 15) is 14.4 Å². The van der Waals surface area contributed by atoms with Crippen molar-refractivity contribution < 1.29 is 23.9 Å². The van der Waals surface area contributed by atoms with Gasteiger partial charge in [-0.05, 0) is 73.6 Å². The molecule has 3 amide bonds. The number of thioether (sulfide) groups is 1. The van der Waals surface area contributed by atoms with Crippen molar-refractivity contribution in [3.63, 3.8) is 0 Å². The van der Waals surface area contributed by atoms with Crippen LogP contribution in [0.5, 0.6) is 11.5 Å². The van der Waals surface area contributed by atoms with Crippen molar-refractivity contribution in [3.05, 3.63) is 92.3 Å². The fourth-order valence-corrected chi connectivity index (χ4v) is 4.96. The Bertz CT molecular complexity index is 1390. The first-order valence-electron chi connectivity index (χ1n) is 11.7. The van der Waals surface area contributed by atoms with Crippen LogP contribution in [0.15, 0.2) is 65.6 Å². The molecule has 1 fully saturated rings. The first kappa shape index (κ1) is 27.6. The zero-order valence-electron chi connectivity index (χ0n) is 20.6. The summed E-state index contributed by atoms with van der Waals surface area (Å²) in [5, 5.41) is 3.12. The van der Waals surface area contributed by atoms with Gasteiger partial charge in [-0.1, -0.05) is 53.0 Å². The van der Waals surface area contributed by atoms with Gasteiger partial charge in [0.15, 0.2) is 18.1 Å². The van der Waals surface area contributed by atoms with E-state index in [0.29, 0.717) is 45.0 Å². The lowest BCUT2D eigenvalue weighted by Crippen LogP contribution is -2.27. The van der Waals surface area contributed by atoms with Gasteiger partial charge in [0.1, 0.15) is 0 Å². The van der Waals surface area contributed by atoms with E-state index < -0.39 is 11.1 Å². The minimum atomic E-state index is -0.443. The van der Waals surface area contributed by atoms with Gasteiger partial charge < -0.3 is 14.8 Å². The molecule has 0 radical (unpaired) electrons. The number of amides is 3. The van der Waals surface area contributed by atoms with Crippen molar-refractivity contribution in [2.45, 2.75) is 20.4 Å². The number of nitrogens with zero attached hydrogens (tertiary/aromatic N) is 1. The Morgan fingerprint density at radius 3 is 2.39 bits per heavy atom. The third kappa shape index (κ3) is 6.69. The third-order valence-corrected chi connectivity index (χ3v) is 7.13. The van der Waals surface area contributed by atoms with Gasteiger partial charge in [0.25, 0.3) is 17.1 Å². The average Bonchev–Trinajstić information content (AvgIpc) is 3.14. The first-order valence-corrected chi connectivity index (χ1v) is 13.3. The lowest BCUT2D eigenvalue weighted by atomic mass is 10.1. The molecule has 1 heterocycles. The third-order valence-electron chi connectivity index (χ3n) is 5.51. The number of anilines is 1. The van der Waals surface area contributed by atoms with Crippen LogP contribution in [0.25, 0.3) is 6.08 Å². The number of ether oxygens (including phenoxy) is 2. The molecule has 196 valence electrons. The smallest absolute Gasteiger partial charge is 0.293 e. The molecule has 1 saturated heterocycles. The molecule has 4 rings (SSSR count). The molecule has 7 nitrogen and oxygen atoms in total. The molecular formula is C28H24Cl2N2O5S. The van der Waals surface area contributed by atoms with E-state index in [1.54, 1.807) is 42.5 Å². The second-order valence-corrected chi connectivity index (χ2v) is 10.1. The number of nitrogens with one attached hydrogen (secondary N) is 1. The minimum Gasteiger partial charge on any atom is -0.490 e. The van der Waals surface area contributed by atoms with Gasteiger partial charge in [-0.15, -0.1) is 0 Å². The highest BCUT2D eigenvalue weighted by molar-refractivity contribution is 8.18. The van der Waals surface area contributed by atoms with Crippen molar-refractivity contribution in [2.75, 3.05) is 18.5 Å². The van der Waals surface area contributed by atoms with Crippen LogP contribution in [0.3, 0.4) is 0 Å². The maximum Gasteiger partial charge on any atom is 0.293 e. The van der Waals surface area contributed by atoms with Gasteiger partial charge in [-0.2, -0.15) is 0 Å². The van der Waals surface area contributed by atoms with Crippen LogP contribution in [0.4, 0.5) is 10.5 Å². The maximum absolute atomic E-state index is 13.0. The number of hydrogen-bond donors (Lipinski definition) is 1. The molecule has 0 aromatic heterocycles. The highest BCUT2D eigenvalue weighted by Crippen LogP contribution is 2.37. The predicted octanol–water partition coefficient (Wildman–Crippen LogP) is 6.95. The largest absolute Gasteiger partial charge is 0.490 e. The lowest BCUT2D eigenvalue weighted by Gasteiger charge is -2.15. The van der Waals surface area contributed by atoms with Crippen LogP contribution in [0.2, 0.25) is 10.0 Å². The molecule has 3 aromatic rings. The number of carbonyl (C=O) groups is 3. The Hall–Kier alpha value is -3.46. The number of halogens is 2. The number of rotatable bonds is 9. The van der Waals surface area contributed by atoms with Gasteiger partial charge in [0.05, 0.1) is 18.1 Å². The summed E-state index contributed by atoms with van der Waals surface area (Å²) >= 11 is 13.3. The van der Waals surface area contributed by atoms with E-state index in [0.717, 1.165) is 22.2 Å². The monoisotopic (exact) mass is 570 g/mol. The van der Waals surface area contributed by atoms with E-state index >= 15 is 0 Å². The topological polar surface area (TPSA) is 84.9 Å². The number of hydrogen-bond acceptors (Lipinski definition) is 6. The molecule has 0 unspecified atom stereocenters. The fourth-order valence-electron chi connectivity index (χ4n) is 3.61. The summed E-state index contributed by atoms with van der Waals surface area (Å²) in [5.41, 5.74) is 2.91. The summed E-state index contributed by atoms with van der Waals surface area (Å²) in [7, 11) is 0. The molecule has 38 heavy (non-hydrogen) atoms. The van der Waals surface area contributed by atoms with Crippen LogP contribution < -0.4 is 14.8 Å². The predicted molar refractivity (Wildman–Crippen MR) is 151 cm³/mol. The Labute approximate surface area is 234 Å². The quantitative estimate of drug-likeness (QED) is 0.280. The number of imide groups is 1. The molecule has 10 heteroatoms. The summed E-state index contributed by atoms with van der Waals surface area (Å²) in [6.07, 6.45) is 1.61. The zero-order chi connectivity index (χ0) is 27.2. The summed E-state index contributed by atoms with van der Waals surface area (Å²) < 4.78 is 11.4. The summed E-state index contributed by atoms with van der Waals surface area (Å²) in [6, 6.07) is 17.5. The van der Waals surface area contributed by atoms with Crippen molar-refractivity contribution in [3.8, 4) is 11.5 Å². The van der Waals surface area contributed by atoms with Crippen LogP contribution in [-0.2, 0) is 16.1 Å². The zero-order valence-corrected chi connectivity index (χ0v) is 23.0. The molecule has 0 atom stereocenters. The van der Waals surface area contributed by atoms with E-state index in [-0.39, 0.29) is 24.0 Å². The van der Waals surface area contributed by atoms with Crippen molar-refractivity contribution >= 4 is 63.8 Å². The van der Waals surface area contributed by atoms with Crippen LogP contribution in [0, 0.1) is 6.92 Å². The Morgan fingerprint density at radius 1 is 1.00 bits per heavy atom. The molecule has 3 aromatic carbocycles. The average molecular weight is 571 g/mol. The molecule has 1 aliphatic heterocycles. The molecule has 1 N–H and O–H groups in total. The number of carbonyl (C=O) groups excluding carboxylic acids is 3. The van der Waals surface area contributed by atoms with Crippen molar-refractivity contribution in [2.24, 2.45) is 0 Å². The van der Waals surface area contributed by atoms with Crippen molar-refractivity contribution in [1.29, 1.82) is 0 Å². The van der Waals surface area contributed by atoms with E-state index in [1.807, 2.05) is 38.1 Å². The molecule has 0 aliphatic carbocycles. The Balaban J connectivity index is 1.46. The second kappa shape index (κ2) is 12.4.